The Bertz CT molecular complexity index is 713. The number of halogens is 1. The zero-order valence-corrected chi connectivity index (χ0v) is 22.7. The Morgan fingerprint density at radius 2 is 1.84 bits per heavy atom. The summed E-state index contributed by atoms with van der Waals surface area (Å²) in [6.07, 6.45) is 2.96. The van der Waals surface area contributed by atoms with Gasteiger partial charge < -0.3 is 20.7 Å². The molecular weight excluding hydrogens is 517 g/mol. The SMILES string of the molecule is CCCNC(=O)CN1CCC(NC(=NC)NCCOc2ccccc2C(C)(C)C)CC1.I. The van der Waals surface area contributed by atoms with E-state index in [0.29, 0.717) is 25.7 Å². The molecule has 0 spiro atoms. The molecule has 7 nitrogen and oxygen atoms in total. The van der Waals surface area contributed by atoms with Gasteiger partial charge in [0.1, 0.15) is 12.4 Å². The second-order valence-electron chi connectivity index (χ2n) is 9.14. The van der Waals surface area contributed by atoms with Crippen molar-refractivity contribution >= 4 is 35.8 Å². The number of hydrogen-bond acceptors (Lipinski definition) is 4. The van der Waals surface area contributed by atoms with E-state index in [-0.39, 0.29) is 35.3 Å². The lowest BCUT2D eigenvalue weighted by Gasteiger charge is -2.32. The summed E-state index contributed by atoms with van der Waals surface area (Å²) in [5, 5.41) is 9.80. The van der Waals surface area contributed by atoms with Crippen LogP contribution in [-0.4, -0.2) is 69.2 Å². The third-order valence-corrected chi connectivity index (χ3v) is 5.44. The highest BCUT2D eigenvalue weighted by atomic mass is 127. The molecule has 1 aromatic rings. The summed E-state index contributed by atoms with van der Waals surface area (Å²) in [6, 6.07) is 8.59. The lowest BCUT2D eigenvalue weighted by atomic mass is 9.86. The van der Waals surface area contributed by atoms with Crippen molar-refractivity contribution in [2.24, 2.45) is 4.99 Å². The Kier molecular flexibility index (Phi) is 13.0. The van der Waals surface area contributed by atoms with Crippen molar-refractivity contribution in [3.05, 3.63) is 29.8 Å². The topological polar surface area (TPSA) is 78.0 Å². The first-order chi connectivity index (χ1) is 14.8. The molecule has 1 amide bonds. The summed E-state index contributed by atoms with van der Waals surface area (Å²) in [5.41, 5.74) is 1.26. The van der Waals surface area contributed by atoms with Crippen molar-refractivity contribution in [3.8, 4) is 5.75 Å². The first-order valence-electron chi connectivity index (χ1n) is 11.5. The van der Waals surface area contributed by atoms with Gasteiger partial charge in [0.25, 0.3) is 0 Å². The van der Waals surface area contributed by atoms with Gasteiger partial charge in [-0.1, -0.05) is 45.9 Å². The van der Waals surface area contributed by atoms with Crippen LogP contribution in [0.2, 0.25) is 0 Å². The van der Waals surface area contributed by atoms with E-state index >= 15 is 0 Å². The van der Waals surface area contributed by atoms with Crippen molar-refractivity contribution in [2.75, 3.05) is 46.4 Å². The van der Waals surface area contributed by atoms with E-state index in [1.54, 1.807) is 7.05 Å². The number of likely N-dealkylation sites (tertiary alicyclic amines) is 1. The van der Waals surface area contributed by atoms with Crippen LogP contribution in [0.15, 0.2) is 29.3 Å². The molecule has 1 fully saturated rings. The highest BCUT2D eigenvalue weighted by Crippen LogP contribution is 2.30. The Balaban J connectivity index is 0.00000512. The summed E-state index contributed by atoms with van der Waals surface area (Å²) >= 11 is 0. The molecule has 0 radical (unpaired) electrons. The van der Waals surface area contributed by atoms with Gasteiger partial charge in [-0.15, -0.1) is 24.0 Å². The van der Waals surface area contributed by atoms with Crippen molar-refractivity contribution < 1.29 is 9.53 Å². The number of hydrogen-bond donors (Lipinski definition) is 3. The van der Waals surface area contributed by atoms with Crippen LogP contribution in [-0.2, 0) is 10.2 Å². The van der Waals surface area contributed by atoms with E-state index in [1.807, 2.05) is 12.1 Å². The van der Waals surface area contributed by atoms with Crippen LogP contribution < -0.4 is 20.7 Å². The fourth-order valence-electron chi connectivity index (χ4n) is 3.69. The number of ether oxygens (including phenoxy) is 1. The number of nitrogens with one attached hydrogen (secondary N) is 3. The van der Waals surface area contributed by atoms with Crippen molar-refractivity contribution in [2.45, 2.75) is 58.4 Å². The number of aliphatic imine (C=N–C) groups is 1. The maximum absolute atomic E-state index is 11.9. The number of rotatable bonds is 9. The van der Waals surface area contributed by atoms with Crippen molar-refractivity contribution in [3.63, 3.8) is 0 Å². The van der Waals surface area contributed by atoms with E-state index in [2.05, 4.69) is 65.7 Å². The monoisotopic (exact) mass is 559 g/mol. The smallest absolute Gasteiger partial charge is 0.234 e. The molecule has 1 aliphatic rings. The Morgan fingerprint density at radius 1 is 1.16 bits per heavy atom. The maximum atomic E-state index is 11.9. The Labute approximate surface area is 211 Å². The van der Waals surface area contributed by atoms with E-state index in [4.69, 9.17) is 4.74 Å². The predicted octanol–water partition coefficient (Wildman–Crippen LogP) is 3.14. The number of carbonyl (C=O) groups is 1. The molecule has 2 rings (SSSR count). The second-order valence-corrected chi connectivity index (χ2v) is 9.14. The van der Waals surface area contributed by atoms with Crippen LogP contribution in [0, 0.1) is 0 Å². The third kappa shape index (κ3) is 9.94. The summed E-state index contributed by atoms with van der Waals surface area (Å²) in [7, 11) is 1.79. The van der Waals surface area contributed by atoms with E-state index in [9.17, 15) is 4.79 Å². The Morgan fingerprint density at radius 3 is 2.47 bits per heavy atom. The second kappa shape index (κ2) is 14.6. The summed E-state index contributed by atoms with van der Waals surface area (Å²) in [6.45, 7) is 13.0. The van der Waals surface area contributed by atoms with Gasteiger partial charge in [0, 0.05) is 32.7 Å². The quantitative estimate of drug-likeness (QED) is 0.188. The first kappa shape index (κ1) is 28.5. The average Bonchev–Trinajstić information content (AvgIpc) is 2.75. The predicted molar refractivity (Wildman–Crippen MR) is 143 cm³/mol. The first-order valence-corrected chi connectivity index (χ1v) is 11.5. The number of amides is 1. The lowest BCUT2D eigenvalue weighted by Crippen LogP contribution is -2.50. The van der Waals surface area contributed by atoms with Crippen LogP contribution in [0.1, 0.15) is 52.5 Å². The number of benzene rings is 1. The zero-order chi connectivity index (χ0) is 22.7. The van der Waals surface area contributed by atoms with Crippen LogP contribution >= 0.6 is 24.0 Å². The number of guanidine groups is 1. The molecule has 0 saturated carbocycles. The van der Waals surface area contributed by atoms with E-state index in [0.717, 1.165) is 50.6 Å². The van der Waals surface area contributed by atoms with Gasteiger partial charge in [-0.05, 0) is 36.3 Å². The normalized spacial score (nSPS) is 15.6. The van der Waals surface area contributed by atoms with Crippen molar-refractivity contribution in [1.82, 2.24) is 20.9 Å². The molecule has 32 heavy (non-hydrogen) atoms. The summed E-state index contributed by atoms with van der Waals surface area (Å²) in [4.78, 5) is 18.5. The zero-order valence-electron chi connectivity index (χ0n) is 20.4. The minimum atomic E-state index is 0. The van der Waals surface area contributed by atoms with Crippen LogP contribution in [0.4, 0.5) is 0 Å². The van der Waals surface area contributed by atoms with E-state index in [1.165, 1.54) is 5.56 Å². The fourth-order valence-corrected chi connectivity index (χ4v) is 3.69. The lowest BCUT2D eigenvalue weighted by molar-refractivity contribution is -0.122. The van der Waals surface area contributed by atoms with Gasteiger partial charge in [0.15, 0.2) is 5.96 Å². The highest BCUT2D eigenvalue weighted by Gasteiger charge is 2.21. The summed E-state index contributed by atoms with van der Waals surface area (Å²) < 4.78 is 6.04. The summed E-state index contributed by atoms with van der Waals surface area (Å²) in [5.74, 6) is 1.86. The number of para-hydroxylation sites is 1. The molecular formula is C24H42IN5O2. The van der Waals surface area contributed by atoms with Gasteiger partial charge in [0.2, 0.25) is 5.91 Å². The molecule has 3 N–H and O–H groups in total. The van der Waals surface area contributed by atoms with Gasteiger partial charge >= 0.3 is 0 Å². The molecule has 0 aliphatic carbocycles. The number of carbonyl (C=O) groups excluding carboxylic acids is 1. The molecule has 0 unspecified atom stereocenters. The van der Waals surface area contributed by atoms with Gasteiger partial charge in [-0.25, -0.2) is 0 Å². The Hall–Kier alpha value is -1.55. The molecule has 0 bridgehead atoms. The maximum Gasteiger partial charge on any atom is 0.234 e. The molecule has 1 heterocycles. The number of piperidine rings is 1. The van der Waals surface area contributed by atoms with Gasteiger partial charge in [-0.2, -0.15) is 0 Å². The van der Waals surface area contributed by atoms with Crippen LogP contribution in [0.3, 0.4) is 0 Å². The molecule has 8 heteroatoms. The van der Waals surface area contributed by atoms with Gasteiger partial charge in [0.05, 0.1) is 13.1 Å². The van der Waals surface area contributed by atoms with Crippen LogP contribution in [0.5, 0.6) is 5.75 Å². The largest absolute Gasteiger partial charge is 0.491 e. The molecule has 182 valence electrons. The fraction of sp³-hybridized carbons (Fsp3) is 0.667. The third-order valence-electron chi connectivity index (χ3n) is 5.44. The number of nitrogens with zero attached hydrogens (tertiary/aromatic N) is 2. The van der Waals surface area contributed by atoms with Gasteiger partial charge in [-0.3, -0.25) is 14.7 Å². The van der Waals surface area contributed by atoms with Crippen LogP contribution in [0.25, 0.3) is 0 Å². The average molecular weight is 560 g/mol. The standard InChI is InChI=1S/C24H41N5O2.HI/c1-6-13-26-22(30)18-29-15-11-19(12-16-29)28-23(25-5)27-14-17-31-21-10-8-7-9-20(21)24(2,3)4;/h7-10,19H,6,11-18H2,1-5H3,(H,26,30)(H2,25,27,28);1H. The molecule has 1 aliphatic heterocycles. The van der Waals surface area contributed by atoms with E-state index < -0.39 is 0 Å². The molecule has 1 aromatic carbocycles. The minimum absolute atomic E-state index is 0. The highest BCUT2D eigenvalue weighted by molar-refractivity contribution is 14.0. The molecule has 0 atom stereocenters. The minimum Gasteiger partial charge on any atom is -0.491 e. The molecule has 0 aromatic heterocycles. The molecule has 1 saturated heterocycles. The van der Waals surface area contributed by atoms with Crippen molar-refractivity contribution in [1.29, 1.82) is 0 Å².